The van der Waals surface area contributed by atoms with E-state index in [-0.39, 0.29) is 5.91 Å². The Morgan fingerprint density at radius 2 is 2.15 bits per heavy atom. The van der Waals surface area contributed by atoms with E-state index in [1.54, 1.807) is 6.92 Å². The largest absolute Gasteiger partial charge is 0.354 e. The van der Waals surface area contributed by atoms with Crippen LogP contribution < -0.4 is 5.32 Å². The summed E-state index contributed by atoms with van der Waals surface area (Å²) in [7, 11) is 0. The second kappa shape index (κ2) is 3.32. The molecule has 0 spiro atoms. The van der Waals surface area contributed by atoms with Gasteiger partial charge >= 0.3 is 0 Å². The molecule has 2 fully saturated rings. The maximum atomic E-state index is 10.9. The molecule has 0 aromatic heterocycles. The summed E-state index contributed by atoms with van der Waals surface area (Å²) < 4.78 is 0. The Morgan fingerprint density at radius 1 is 1.38 bits per heavy atom. The van der Waals surface area contributed by atoms with E-state index in [1.807, 2.05) is 0 Å². The molecule has 1 amide bonds. The van der Waals surface area contributed by atoms with Crippen molar-refractivity contribution in [1.29, 1.82) is 0 Å². The highest BCUT2D eigenvalue weighted by Gasteiger charge is 2.41. The Bertz CT molecular complexity index is 214. The number of carbonyl (C=O) groups excluding carboxylic acids is 1. The Hall–Kier alpha value is -0.530. The lowest BCUT2D eigenvalue weighted by molar-refractivity contribution is -0.120. The number of hydrogen-bond donors (Lipinski definition) is 1. The lowest BCUT2D eigenvalue weighted by atomic mass is 9.84. The van der Waals surface area contributed by atoms with Crippen LogP contribution in [-0.4, -0.2) is 11.9 Å². The van der Waals surface area contributed by atoms with Crippen LogP contribution in [0.1, 0.15) is 39.5 Å². The van der Waals surface area contributed by atoms with E-state index in [0.717, 1.165) is 17.8 Å². The molecule has 0 radical (unpaired) electrons. The van der Waals surface area contributed by atoms with Gasteiger partial charge in [-0.2, -0.15) is 0 Å². The van der Waals surface area contributed by atoms with E-state index in [1.165, 1.54) is 25.7 Å². The second-order valence-electron chi connectivity index (χ2n) is 4.83. The van der Waals surface area contributed by atoms with E-state index in [0.29, 0.717) is 6.04 Å². The average molecular weight is 181 g/mol. The number of hydrogen-bond acceptors (Lipinski definition) is 1. The molecule has 0 aromatic carbocycles. The van der Waals surface area contributed by atoms with Gasteiger partial charge in [-0.25, -0.2) is 0 Å². The fraction of sp³-hybridized carbons (Fsp3) is 0.909. The topological polar surface area (TPSA) is 29.1 Å². The summed E-state index contributed by atoms with van der Waals surface area (Å²) in [6.45, 7) is 3.77. The van der Waals surface area contributed by atoms with Gasteiger partial charge in [0.05, 0.1) is 0 Å². The van der Waals surface area contributed by atoms with Gasteiger partial charge in [-0.3, -0.25) is 4.79 Å². The molecule has 1 N–H and O–H groups in total. The Morgan fingerprint density at radius 3 is 2.62 bits per heavy atom. The summed E-state index contributed by atoms with van der Waals surface area (Å²) in [5.41, 5.74) is 0. The van der Waals surface area contributed by atoms with Crippen LogP contribution in [0.2, 0.25) is 0 Å². The zero-order chi connectivity index (χ0) is 9.42. The van der Waals surface area contributed by atoms with E-state index in [9.17, 15) is 4.79 Å². The summed E-state index contributed by atoms with van der Waals surface area (Å²) >= 11 is 0. The molecule has 13 heavy (non-hydrogen) atoms. The standard InChI is InChI=1S/C11H19NO/c1-7(12-8(2)13)11-6-9-3-4-10(11)5-9/h7,9-11H,3-6H2,1-2H3,(H,12,13)/t7-,9-,10-,11-/m1/s1. The van der Waals surface area contributed by atoms with E-state index >= 15 is 0 Å². The molecule has 2 rings (SSSR count). The van der Waals surface area contributed by atoms with Crippen molar-refractivity contribution in [2.45, 2.75) is 45.6 Å². The molecule has 0 heterocycles. The fourth-order valence-corrected chi connectivity index (χ4v) is 3.33. The Balaban J connectivity index is 1.91. The first kappa shape index (κ1) is 9.04. The van der Waals surface area contributed by atoms with Crippen LogP contribution in [0.5, 0.6) is 0 Å². The molecule has 0 aromatic rings. The minimum Gasteiger partial charge on any atom is -0.354 e. The number of fused-ring (bicyclic) bond motifs is 2. The minimum atomic E-state index is 0.121. The van der Waals surface area contributed by atoms with Crippen LogP contribution in [0.15, 0.2) is 0 Å². The third-order valence-electron chi connectivity index (χ3n) is 3.87. The van der Waals surface area contributed by atoms with Crippen molar-refractivity contribution < 1.29 is 4.79 Å². The van der Waals surface area contributed by atoms with Gasteiger partial charge in [0.1, 0.15) is 0 Å². The first-order chi connectivity index (χ1) is 6.16. The fourth-order valence-electron chi connectivity index (χ4n) is 3.33. The van der Waals surface area contributed by atoms with Crippen molar-refractivity contribution >= 4 is 5.91 Å². The van der Waals surface area contributed by atoms with Crippen LogP contribution in [0.4, 0.5) is 0 Å². The van der Waals surface area contributed by atoms with Crippen LogP contribution in [0.3, 0.4) is 0 Å². The normalized spacial score (nSPS) is 39.1. The van der Waals surface area contributed by atoms with E-state index < -0.39 is 0 Å². The van der Waals surface area contributed by atoms with Gasteiger partial charge in [0, 0.05) is 13.0 Å². The first-order valence-electron chi connectivity index (χ1n) is 5.44. The molecule has 2 aliphatic rings. The lowest BCUT2D eigenvalue weighted by Gasteiger charge is -2.28. The highest BCUT2D eigenvalue weighted by molar-refractivity contribution is 5.73. The number of amides is 1. The molecular weight excluding hydrogens is 162 g/mol. The first-order valence-corrected chi connectivity index (χ1v) is 5.44. The molecule has 2 aliphatic carbocycles. The van der Waals surface area contributed by atoms with E-state index in [2.05, 4.69) is 12.2 Å². The predicted molar refractivity (Wildman–Crippen MR) is 52.2 cm³/mol. The number of rotatable bonds is 2. The van der Waals surface area contributed by atoms with Crippen molar-refractivity contribution in [3.63, 3.8) is 0 Å². The number of carbonyl (C=O) groups is 1. The van der Waals surface area contributed by atoms with Crippen LogP contribution >= 0.6 is 0 Å². The molecular formula is C11H19NO. The molecule has 4 atom stereocenters. The second-order valence-corrected chi connectivity index (χ2v) is 4.83. The third kappa shape index (κ3) is 1.72. The highest BCUT2D eigenvalue weighted by Crippen LogP contribution is 2.49. The van der Waals surface area contributed by atoms with Crippen LogP contribution in [0.25, 0.3) is 0 Å². The summed E-state index contributed by atoms with van der Waals surface area (Å²) in [4.78, 5) is 10.9. The number of nitrogens with one attached hydrogen (secondary N) is 1. The van der Waals surface area contributed by atoms with Gasteiger partial charge in [-0.05, 0) is 43.9 Å². The van der Waals surface area contributed by atoms with Crippen LogP contribution in [-0.2, 0) is 4.79 Å². The summed E-state index contributed by atoms with van der Waals surface area (Å²) in [5, 5.41) is 3.03. The van der Waals surface area contributed by atoms with Gasteiger partial charge in [-0.1, -0.05) is 6.42 Å². The molecule has 0 unspecified atom stereocenters. The summed E-state index contributed by atoms with van der Waals surface area (Å²) in [6, 6.07) is 0.396. The zero-order valence-electron chi connectivity index (χ0n) is 8.55. The highest BCUT2D eigenvalue weighted by atomic mass is 16.1. The molecule has 74 valence electrons. The van der Waals surface area contributed by atoms with Crippen LogP contribution in [0, 0.1) is 17.8 Å². The SMILES string of the molecule is CC(=O)N[C@H](C)[C@H]1C[C@@H]2CC[C@@H]1C2. The molecule has 2 saturated carbocycles. The molecule has 0 saturated heterocycles. The summed E-state index contributed by atoms with van der Waals surface area (Å²) in [6.07, 6.45) is 5.62. The Labute approximate surface area is 80.1 Å². The third-order valence-corrected chi connectivity index (χ3v) is 3.87. The molecule has 0 aliphatic heterocycles. The zero-order valence-corrected chi connectivity index (χ0v) is 8.55. The van der Waals surface area contributed by atoms with Gasteiger partial charge in [-0.15, -0.1) is 0 Å². The molecule has 2 heteroatoms. The smallest absolute Gasteiger partial charge is 0.217 e. The van der Waals surface area contributed by atoms with Crippen molar-refractivity contribution in [2.75, 3.05) is 0 Å². The van der Waals surface area contributed by atoms with Gasteiger partial charge < -0.3 is 5.32 Å². The van der Waals surface area contributed by atoms with Gasteiger partial charge in [0.2, 0.25) is 5.91 Å². The van der Waals surface area contributed by atoms with E-state index in [4.69, 9.17) is 0 Å². The van der Waals surface area contributed by atoms with Crippen molar-refractivity contribution in [3.05, 3.63) is 0 Å². The Kier molecular flexibility index (Phi) is 2.31. The molecule has 2 bridgehead atoms. The van der Waals surface area contributed by atoms with Crippen molar-refractivity contribution in [2.24, 2.45) is 17.8 Å². The minimum absolute atomic E-state index is 0.121. The summed E-state index contributed by atoms with van der Waals surface area (Å²) in [5.74, 6) is 2.77. The quantitative estimate of drug-likeness (QED) is 0.693. The van der Waals surface area contributed by atoms with Gasteiger partial charge in [0.15, 0.2) is 0 Å². The molecule has 2 nitrogen and oxygen atoms in total. The van der Waals surface area contributed by atoms with Crippen molar-refractivity contribution in [3.8, 4) is 0 Å². The monoisotopic (exact) mass is 181 g/mol. The maximum absolute atomic E-state index is 10.9. The van der Waals surface area contributed by atoms with Gasteiger partial charge in [0.25, 0.3) is 0 Å². The van der Waals surface area contributed by atoms with Crippen molar-refractivity contribution in [1.82, 2.24) is 5.32 Å². The maximum Gasteiger partial charge on any atom is 0.217 e. The predicted octanol–water partition coefficient (Wildman–Crippen LogP) is 1.95. The average Bonchev–Trinajstić information content (AvgIpc) is 2.62. The lowest BCUT2D eigenvalue weighted by Crippen LogP contribution is -2.38.